The lowest BCUT2D eigenvalue weighted by molar-refractivity contribution is 0.0697. The van der Waals surface area contributed by atoms with E-state index in [1.807, 2.05) is 0 Å². The number of hydrogen-bond donors (Lipinski definition) is 2. The van der Waals surface area contributed by atoms with Gasteiger partial charge in [0, 0.05) is 12.7 Å². The summed E-state index contributed by atoms with van der Waals surface area (Å²) in [5.74, 6) is -1.69. The third-order valence-electron chi connectivity index (χ3n) is 1.48. The molecule has 2 N–H and O–H groups in total. The molecule has 64 valence electrons. The molecule has 1 aromatic rings. The predicted octanol–water partition coefficient (Wildman–Crippen LogP) is 1.57. The van der Waals surface area contributed by atoms with Crippen molar-refractivity contribution >= 4 is 11.7 Å². The number of halogens is 1. The van der Waals surface area contributed by atoms with Gasteiger partial charge in [0.2, 0.25) is 0 Å². The number of rotatable bonds is 2. The molecule has 0 radical (unpaired) electrons. The Labute approximate surface area is 68.8 Å². The van der Waals surface area contributed by atoms with Gasteiger partial charge in [-0.25, -0.2) is 9.18 Å². The van der Waals surface area contributed by atoms with E-state index in [0.717, 1.165) is 6.07 Å². The van der Waals surface area contributed by atoms with Crippen LogP contribution in [-0.2, 0) is 0 Å². The second-order valence-corrected chi connectivity index (χ2v) is 2.25. The van der Waals surface area contributed by atoms with Crippen molar-refractivity contribution in [3.63, 3.8) is 0 Å². The number of benzene rings is 1. The van der Waals surface area contributed by atoms with Crippen LogP contribution in [0.25, 0.3) is 0 Å². The molecule has 0 bridgehead atoms. The van der Waals surface area contributed by atoms with Crippen LogP contribution < -0.4 is 5.32 Å². The van der Waals surface area contributed by atoms with Crippen molar-refractivity contribution in [3.05, 3.63) is 29.6 Å². The Hall–Kier alpha value is -1.58. The molecule has 0 saturated carbocycles. The van der Waals surface area contributed by atoms with Gasteiger partial charge in [-0.1, -0.05) is 0 Å². The fraction of sp³-hybridized carbons (Fsp3) is 0.125. The van der Waals surface area contributed by atoms with Gasteiger partial charge in [-0.05, 0) is 18.2 Å². The Morgan fingerprint density at radius 1 is 1.58 bits per heavy atom. The maximum atomic E-state index is 12.6. The number of carboxylic acid groups (broad SMARTS) is 1. The van der Waals surface area contributed by atoms with Gasteiger partial charge in [0.15, 0.2) is 0 Å². The van der Waals surface area contributed by atoms with Gasteiger partial charge in [0.05, 0.1) is 5.56 Å². The Morgan fingerprint density at radius 3 is 2.75 bits per heavy atom. The molecule has 12 heavy (non-hydrogen) atoms. The smallest absolute Gasteiger partial charge is 0.337 e. The van der Waals surface area contributed by atoms with Crippen LogP contribution in [0, 0.1) is 5.82 Å². The van der Waals surface area contributed by atoms with E-state index in [1.54, 1.807) is 7.05 Å². The van der Waals surface area contributed by atoms with E-state index in [0.29, 0.717) is 5.69 Å². The highest BCUT2D eigenvalue weighted by molar-refractivity contribution is 5.94. The number of aromatic carboxylic acids is 1. The first-order chi connectivity index (χ1) is 5.65. The van der Waals surface area contributed by atoms with E-state index in [9.17, 15) is 9.18 Å². The minimum absolute atomic E-state index is 0.0579. The highest BCUT2D eigenvalue weighted by atomic mass is 19.1. The largest absolute Gasteiger partial charge is 0.478 e. The van der Waals surface area contributed by atoms with Gasteiger partial charge < -0.3 is 10.4 Å². The number of anilines is 1. The summed E-state index contributed by atoms with van der Waals surface area (Å²) < 4.78 is 12.6. The van der Waals surface area contributed by atoms with Crippen LogP contribution in [0.3, 0.4) is 0 Å². The average molecular weight is 169 g/mol. The zero-order valence-electron chi connectivity index (χ0n) is 6.47. The maximum absolute atomic E-state index is 12.6. The molecule has 0 heterocycles. The minimum atomic E-state index is -1.14. The Bertz CT molecular complexity index is 312. The summed E-state index contributed by atoms with van der Waals surface area (Å²) in [6, 6.07) is 3.57. The van der Waals surface area contributed by atoms with Crippen LogP contribution in [0.1, 0.15) is 10.4 Å². The van der Waals surface area contributed by atoms with Gasteiger partial charge in [0.1, 0.15) is 5.82 Å². The van der Waals surface area contributed by atoms with E-state index < -0.39 is 11.8 Å². The average Bonchev–Trinajstić information content (AvgIpc) is 2.04. The SMILES string of the molecule is CNc1ccc(F)cc1C(=O)O. The summed E-state index contributed by atoms with van der Waals surface area (Å²) in [6.07, 6.45) is 0. The first kappa shape index (κ1) is 8.52. The predicted molar refractivity (Wildman–Crippen MR) is 42.9 cm³/mol. The molecule has 1 aromatic carbocycles. The Kier molecular flexibility index (Phi) is 2.28. The van der Waals surface area contributed by atoms with Gasteiger partial charge in [-0.15, -0.1) is 0 Å². The quantitative estimate of drug-likeness (QED) is 0.706. The van der Waals surface area contributed by atoms with E-state index in [-0.39, 0.29) is 5.56 Å². The molecule has 0 amide bonds. The van der Waals surface area contributed by atoms with Gasteiger partial charge in [0.25, 0.3) is 0 Å². The zero-order chi connectivity index (χ0) is 9.14. The van der Waals surface area contributed by atoms with Crippen molar-refractivity contribution < 1.29 is 14.3 Å². The third-order valence-corrected chi connectivity index (χ3v) is 1.48. The number of carbonyl (C=O) groups is 1. The van der Waals surface area contributed by atoms with Crippen molar-refractivity contribution in [2.75, 3.05) is 12.4 Å². The monoisotopic (exact) mass is 169 g/mol. The summed E-state index contributed by atoms with van der Waals surface area (Å²) in [5, 5.41) is 11.3. The molecule has 0 spiro atoms. The van der Waals surface area contributed by atoms with Crippen molar-refractivity contribution in [1.82, 2.24) is 0 Å². The lowest BCUT2D eigenvalue weighted by Gasteiger charge is -2.03. The summed E-state index contributed by atoms with van der Waals surface area (Å²) in [5.41, 5.74) is 0.349. The molecule has 0 aliphatic heterocycles. The van der Waals surface area contributed by atoms with Crippen molar-refractivity contribution in [1.29, 1.82) is 0 Å². The first-order valence-electron chi connectivity index (χ1n) is 3.35. The summed E-state index contributed by atoms with van der Waals surface area (Å²) in [4.78, 5) is 10.5. The molecule has 0 unspecified atom stereocenters. The van der Waals surface area contributed by atoms with Gasteiger partial charge in [-0.2, -0.15) is 0 Å². The van der Waals surface area contributed by atoms with Gasteiger partial charge >= 0.3 is 5.97 Å². The van der Waals surface area contributed by atoms with E-state index in [1.165, 1.54) is 12.1 Å². The molecule has 0 aliphatic carbocycles. The topological polar surface area (TPSA) is 49.3 Å². The zero-order valence-corrected chi connectivity index (χ0v) is 6.47. The molecule has 1 rings (SSSR count). The minimum Gasteiger partial charge on any atom is -0.478 e. The normalized spacial score (nSPS) is 9.50. The highest BCUT2D eigenvalue weighted by Crippen LogP contribution is 2.15. The van der Waals surface area contributed by atoms with Crippen LogP contribution in [0.2, 0.25) is 0 Å². The number of nitrogens with one attached hydrogen (secondary N) is 1. The molecular weight excluding hydrogens is 161 g/mol. The Balaban J connectivity index is 3.21. The van der Waals surface area contributed by atoms with Crippen molar-refractivity contribution in [2.45, 2.75) is 0 Å². The van der Waals surface area contributed by atoms with E-state index in [2.05, 4.69) is 5.32 Å². The van der Waals surface area contributed by atoms with Crippen LogP contribution in [0.15, 0.2) is 18.2 Å². The lowest BCUT2D eigenvalue weighted by Crippen LogP contribution is -2.02. The van der Waals surface area contributed by atoms with Crippen LogP contribution >= 0.6 is 0 Å². The fourth-order valence-electron chi connectivity index (χ4n) is 0.911. The molecule has 0 saturated heterocycles. The summed E-state index contributed by atoms with van der Waals surface area (Å²) in [7, 11) is 1.58. The maximum Gasteiger partial charge on any atom is 0.337 e. The molecule has 4 heteroatoms. The third kappa shape index (κ3) is 1.53. The first-order valence-corrected chi connectivity index (χ1v) is 3.35. The molecule has 0 atom stereocenters. The second kappa shape index (κ2) is 3.21. The van der Waals surface area contributed by atoms with E-state index >= 15 is 0 Å². The summed E-state index contributed by atoms with van der Waals surface area (Å²) in [6.45, 7) is 0. The molecule has 3 nitrogen and oxygen atoms in total. The van der Waals surface area contributed by atoms with Crippen LogP contribution in [-0.4, -0.2) is 18.1 Å². The van der Waals surface area contributed by atoms with Crippen molar-refractivity contribution in [2.24, 2.45) is 0 Å². The van der Waals surface area contributed by atoms with Crippen molar-refractivity contribution in [3.8, 4) is 0 Å². The lowest BCUT2D eigenvalue weighted by atomic mass is 10.2. The highest BCUT2D eigenvalue weighted by Gasteiger charge is 2.09. The van der Waals surface area contributed by atoms with Gasteiger partial charge in [-0.3, -0.25) is 0 Å². The molecular formula is C8H8FNO2. The molecule has 0 aromatic heterocycles. The number of carboxylic acids is 1. The summed E-state index contributed by atoms with van der Waals surface area (Å²) >= 11 is 0. The Morgan fingerprint density at radius 2 is 2.25 bits per heavy atom. The second-order valence-electron chi connectivity index (χ2n) is 2.25. The molecule has 0 aliphatic rings. The van der Waals surface area contributed by atoms with Crippen LogP contribution in [0.4, 0.5) is 10.1 Å². The standard InChI is InChI=1S/C8H8FNO2/c1-10-7-3-2-5(9)4-6(7)8(11)12/h2-4,10H,1H3,(H,11,12). The van der Waals surface area contributed by atoms with E-state index in [4.69, 9.17) is 5.11 Å². The fourth-order valence-corrected chi connectivity index (χ4v) is 0.911. The number of hydrogen-bond acceptors (Lipinski definition) is 2. The van der Waals surface area contributed by atoms with Crippen LogP contribution in [0.5, 0.6) is 0 Å². The molecule has 0 fully saturated rings.